The lowest BCUT2D eigenvalue weighted by Crippen LogP contribution is -2.29. The minimum atomic E-state index is -3.44. The van der Waals surface area contributed by atoms with Gasteiger partial charge in [0.1, 0.15) is 5.75 Å². The fourth-order valence-corrected chi connectivity index (χ4v) is 2.36. The third-order valence-electron chi connectivity index (χ3n) is 2.96. The average molecular weight is 359 g/mol. The predicted molar refractivity (Wildman–Crippen MR) is 90.0 cm³/mol. The first-order chi connectivity index (χ1) is 11.3. The fraction of sp³-hybridized carbons (Fsp3) is 0.429. The highest BCUT2D eigenvalue weighted by Gasteiger charge is 2.12. The van der Waals surface area contributed by atoms with Gasteiger partial charge in [0.25, 0.3) is 0 Å². The number of methoxy groups -OCH3 is 1. The molecule has 0 saturated carbocycles. The maximum Gasteiger partial charge on any atom is 0.319 e. The van der Waals surface area contributed by atoms with E-state index in [0.717, 1.165) is 0 Å². The largest absolute Gasteiger partial charge is 0.494 e. The second-order valence-electron chi connectivity index (χ2n) is 4.80. The summed E-state index contributed by atoms with van der Waals surface area (Å²) < 4.78 is 30.7. The third kappa shape index (κ3) is 6.73. The number of hydrogen-bond donors (Lipinski definition) is 4. The molecule has 1 aromatic carbocycles. The molecule has 0 heterocycles. The molecule has 134 valence electrons. The highest BCUT2D eigenvalue weighted by Crippen LogP contribution is 2.28. The van der Waals surface area contributed by atoms with Crippen molar-refractivity contribution >= 4 is 33.4 Å². The van der Waals surface area contributed by atoms with Crippen LogP contribution >= 0.6 is 0 Å². The van der Waals surface area contributed by atoms with Crippen molar-refractivity contribution in [3.63, 3.8) is 0 Å². The summed E-state index contributed by atoms with van der Waals surface area (Å²) in [5.74, 6) is -0.739. The Hall–Kier alpha value is -2.49. The molecule has 0 atom stereocenters. The zero-order chi connectivity index (χ0) is 18.2. The second kappa shape index (κ2) is 8.96. The van der Waals surface area contributed by atoms with Gasteiger partial charge in [0.15, 0.2) is 0 Å². The summed E-state index contributed by atoms with van der Waals surface area (Å²) >= 11 is 0. The molecule has 0 aliphatic heterocycles. The minimum Gasteiger partial charge on any atom is -0.494 e. The molecule has 0 bridgehead atoms. The summed E-state index contributed by atoms with van der Waals surface area (Å²) in [5, 5.41) is 13.6. The first kappa shape index (κ1) is 19.6. The molecule has 24 heavy (non-hydrogen) atoms. The van der Waals surface area contributed by atoms with Crippen LogP contribution in [-0.4, -0.2) is 44.9 Å². The van der Waals surface area contributed by atoms with Gasteiger partial charge >= 0.3 is 12.0 Å². The third-order valence-corrected chi connectivity index (χ3v) is 4.25. The van der Waals surface area contributed by atoms with E-state index in [1.807, 2.05) is 0 Å². The molecule has 0 aliphatic rings. The van der Waals surface area contributed by atoms with Crippen molar-refractivity contribution in [3.8, 4) is 5.75 Å². The summed E-state index contributed by atoms with van der Waals surface area (Å²) in [5.41, 5.74) is 0.675. The maximum absolute atomic E-state index is 11.7. The van der Waals surface area contributed by atoms with Crippen molar-refractivity contribution < 1.29 is 27.9 Å². The summed E-state index contributed by atoms with van der Waals surface area (Å²) in [6, 6.07) is 3.98. The quantitative estimate of drug-likeness (QED) is 0.493. The number of rotatable bonds is 9. The molecule has 0 saturated heterocycles. The Kier molecular flexibility index (Phi) is 7.31. The van der Waals surface area contributed by atoms with Crippen LogP contribution in [0.5, 0.6) is 5.75 Å². The number of ether oxygens (including phenoxy) is 1. The molecule has 0 fully saturated rings. The van der Waals surface area contributed by atoms with Gasteiger partial charge in [-0.05, 0) is 25.5 Å². The first-order valence-electron chi connectivity index (χ1n) is 7.22. The van der Waals surface area contributed by atoms with Crippen LogP contribution in [-0.2, 0) is 14.8 Å². The molecule has 0 unspecified atom stereocenters. The lowest BCUT2D eigenvalue weighted by atomic mass is 10.2. The fourth-order valence-electron chi connectivity index (χ4n) is 1.71. The van der Waals surface area contributed by atoms with Gasteiger partial charge < -0.3 is 20.5 Å². The van der Waals surface area contributed by atoms with E-state index >= 15 is 0 Å². The van der Waals surface area contributed by atoms with Crippen molar-refractivity contribution in [2.45, 2.75) is 19.8 Å². The van der Waals surface area contributed by atoms with Crippen LogP contribution in [0.15, 0.2) is 18.2 Å². The van der Waals surface area contributed by atoms with Gasteiger partial charge in [-0.1, -0.05) is 0 Å². The molecule has 9 nitrogen and oxygen atoms in total. The molecular formula is C14H21N3O6S. The normalized spacial score (nSPS) is 10.8. The van der Waals surface area contributed by atoms with Crippen molar-refractivity contribution in [2.75, 3.05) is 29.4 Å². The van der Waals surface area contributed by atoms with E-state index in [1.54, 1.807) is 0 Å². The number of carbonyl (C=O) groups excluding carboxylic acids is 1. The van der Waals surface area contributed by atoms with Gasteiger partial charge in [-0.3, -0.25) is 9.52 Å². The number of carbonyl (C=O) groups is 2. The highest BCUT2D eigenvalue weighted by atomic mass is 32.2. The second-order valence-corrected chi connectivity index (χ2v) is 6.81. The predicted octanol–water partition coefficient (Wildman–Crippen LogP) is 1.44. The van der Waals surface area contributed by atoms with Gasteiger partial charge in [0.2, 0.25) is 10.0 Å². The van der Waals surface area contributed by atoms with E-state index in [4.69, 9.17) is 9.84 Å². The Balaban J connectivity index is 2.67. The number of carboxylic acids is 1. The summed E-state index contributed by atoms with van der Waals surface area (Å²) in [6.45, 7) is 1.74. The summed E-state index contributed by atoms with van der Waals surface area (Å²) in [4.78, 5) is 22.1. The topological polar surface area (TPSA) is 134 Å². The van der Waals surface area contributed by atoms with Crippen molar-refractivity contribution in [1.29, 1.82) is 0 Å². The van der Waals surface area contributed by atoms with Crippen LogP contribution in [0, 0.1) is 0 Å². The van der Waals surface area contributed by atoms with Crippen LogP contribution in [0.25, 0.3) is 0 Å². The Morgan fingerprint density at radius 3 is 2.58 bits per heavy atom. The van der Waals surface area contributed by atoms with Gasteiger partial charge in [0, 0.05) is 24.7 Å². The van der Waals surface area contributed by atoms with Crippen LogP contribution in [0.2, 0.25) is 0 Å². The number of amides is 2. The zero-order valence-corrected chi connectivity index (χ0v) is 14.3. The lowest BCUT2D eigenvalue weighted by molar-refractivity contribution is -0.137. The molecule has 0 aromatic heterocycles. The van der Waals surface area contributed by atoms with E-state index in [2.05, 4.69) is 15.4 Å². The van der Waals surface area contributed by atoms with Gasteiger partial charge in [-0.25, -0.2) is 13.2 Å². The molecule has 1 aromatic rings. The number of sulfonamides is 1. The minimum absolute atomic E-state index is 0.0274. The Morgan fingerprint density at radius 2 is 2.00 bits per heavy atom. The number of urea groups is 1. The van der Waals surface area contributed by atoms with Gasteiger partial charge in [0.05, 0.1) is 18.6 Å². The van der Waals surface area contributed by atoms with Gasteiger partial charge in [-0.15, -0.1) is 0 Å². The Morgan fingerprint density at radius 1 is 1.29 bits per heavy atom. The SMILES string of the molecule is CCS(=O)(=O)Nc1ccc(NC(=O)NCCCC(=O)O)cc1OC. The van der Waals surface area contributed by atoms with E-state index in [1.165, 1.54) is 32.2 Å². The lowest BCUT2D eigenvalue weighted by Gasteiger charge is -2.13. The molecular weight excluding hydrogens is 338 g/mol. The van der Waals surface area contributed by atoms with E-state index in [9.17, 15) is 18.0 Å². The number of benzene rings is 1. The van der Waals surface area contributed by atoms with E-state index < -0.39 is 22.0 Å². The smallest absolute Gasteiger partial charge is 0.319 e. The molecule has 0 spiro atoms. The summed E-state index contributed by atoms with van der Waals surface area (Å²) in [7, 11) is -2.06. The van der Waals surface area contributed by atoms with Crippen LogP contribution in [0.4, 0.5) is 16.2 Å². The number of anilines is 2. The monoisotopic (exact) mass is 359 g/mol. The molecule has 1 rings (SSSR count). The first-order valence-corrected chi connectivity index (χ1v) is 8.87. The summed E-state index contributed by atoms with van der Waals surface area (Å²) in [6.07, 6.45) is 0.296. The van der Waals surface area contributed by atoms with Crippen LogP contribution in [0.1, 0.15) is 19.8 Å². The molecule has 4 N–H and O–H groups in total. The number of carboxylic acid groups (broad SMARTS) is 1. The van der Waals surface area contributed by atoms with Crippen molar-refractivity contribution in [3.05, 3.63) is 18.2 Å². The number of hydrogen-bond acceptors (Lipinski definition) is 5. The van der Waals surface area contributed by atoms with Crippen molar-refractivity contribution in [1.82, 2.24) is 5.32 Å². The standard InChI is InChI=1S/C14H21N3O6S/c1-3-24(21,22)17-11-7-6-10(9-12(11)23-2)16-14(20)15-8-4-5-13(18)19/h6-7,9,17H,3-5,8H2,1-2H3,(H,18,19)(H2,15,16,20). The van der Waals surface area contributed by atoms with Gasteiger partial charge in [-0.2, -0.15) is 0 Å². The number of nitrogens with one attached hydrogen (secondary N) is 3. The van der Waals surface area contributed by atoms with E-state index in [0.29, 0.717) is 12.1 Å². The molecule has 10 heteroatoms. The van der Waals surface area contributed by atoms with Crippen LogP contribution < -0.4 is 20.1 Å². The molecule has 0 radical (unpaired) electrons. The maximum atomic E-state index is 11.7. The molecule has 2 amide bonds. The van der Waals surface area contributed by atoms with Crippen LogP contribution in [0.3, 0.4) is 0 Å². The van der Waals surface area contributed by atoms with E-state index in [-0.39, 0.29) is 30.2 Å². The number of aliphatic carboxylic acids is 1. The average Bonchev–Trinajstić information content (AvgIpc) is 2.52. The zero-order valence-electron chi connectivity index (χ0n) is 13.5. The van der Waals surface area contributed by atoms with Crippen molar-refractivity contribution in [2.24, 2.45) is 0 Å². The molecule has 0 aliphatic carbocycles. The Labute approximate surface area is 140 Å². The highest BCUT2D eigenvalue weighted by molar-refractivity contribution is 7.92. The Bertz CT molecular complexity index is 690.